The Kier molecular flexibility index (Phi) is 4.15. The van der Waals surface area contributed by atoms with E-state index in [0.717, 1.165) is 0 Å². The van der Waals surface area contributed by atoms with Gasteiger partial charge in [-0.3, -0.25) is 0 Å². The van der Waals surface area contributed by atoms with Crippen molar-refractivity contribution in [1.82, 2.24) is 0 Å². The lowest BCUT2D eigenvalue weighted by Crippen LogP contribution is -2.55. The van der Waals surface area contributed by atoms with Crippen LogP contribution in [0.2, 0.25) is 0 Å². The molecule has 0 radical (unpaired) electrons. The molecular weight excluding hydrogens is 497 g/mol. The van der Waals surface area contributed by atoms with Crippen LogP contribution in [0.4, 0.5) is 0 Å². The van der Waals surface area contributed by atoms with Crippen LogP contribution in [0.5, 0.6) is 0 Å². The Labute approximate surface area is 232 Å². The van der Waals surface area contributed by atoms with Gasteiger partial charge in [-0.2, -0.15) is 12.6 Å². The van der Waals surface area contributed by atoms with Crippen molar-refractivity contribution in [3.63, 3.8) is 0 Å². The van der Waals surface area contributed by atoms with Crippen LogP contribution in [-0.4, -0.2) is 0 Å². The van der Waals surface area contributed by atoms with E-state index in [9.17, 15) is 0 Å². The molecule has 0 spiro atoms. The molecule has 0 saturated carbocycles. The molecule has 2 heteroatoms. The van der Waals surface area contributed by atoms with Gasteiger partial charge in [0, 0.05) is 16.7 Å². The number of fused-ring (bicyclic) bond motifs is 3. The van der Waals surface area contributed by atoms with Crippen molar-refractivity contribution in [1.29, 1.82) is 0 Å². The zero-order valence-electron chi connectivity index (χ0n) is 20.6. The van der Waals surface area contributed by atoms with E-state index in [2.05, 4.69) is 139 Å². The summed E-state index contributed by atoms with van der Waals surface area (Å²) in [5.74, 6) is 0.351. The molecular formula is C36H24S2. The average Bonchev–Trinajstić information content (AvgIpc) is 3.24. The third kappa shape index (κ3) is 2.42. The second-order valence-corrected chi connectivity index (χ2v) is 13.0. The first-order chi connectivity index (χ1) is 18.7. The molecule has 2 bridgehead atoms. The molecule has 180 valence electrons. The standard InChI is InChI=1S/C36H24S2/c37-35-31-20-24-11-3-4-12-25(24)21-32(31)38-36(35,26-18-17-22-9-1-2-10-23(22)19-26)34-29-15-7-5-13-27(29)33(35)28-14-6-8-16-30(28)34/h1-21,33-34,37H/t33?,34?,35-,36-/m0/s1. The fourth-order valence-corrected chi connectivity index (χ4v) is 10.7. The van der Waals surface area contributed by atoms with Crippen LogP contribution < -0.4 is 0 Å². The lowest BCUT2D eigenvalue weighted by Gasteiger charge is -2.60. The van der Waals surface area contributed by atoms with Gasteiger partial charge in [0.25, 0.3) is 0 Å². The van der Waals surface area contributed by atoms with Gasteiger partial charge in [0.15, 0.2) is 0 Å². The summed E-state index contributed by atoms with van der Waals surface area (Å²) in [5, 5.41) is 5.16. The highest BCUT2D eigenvalue weighted by molar-refractivity contribution is 8.01. The van der Waals surface area contributed by atoms with Crippen molar-refractivity contribution in [3.8, 4) is 0 Å². The maximum absolute atomic E-state index is 5.94. The SMILES string of the molecule is S[C@]12c3cc4ccccc4cc3S[C@@]1(c1ccc3ccccc3c1)C1c3ccccc3C2c2ccccc21. The van der Waals surface area contributed by atoms with Crippen molar-refractivity contribution in [2.45, 2.75) is 26.2 Å². The molecule has 0 amide bonds. The number of rotatable bonds is 1. The van der Waals surface area contributed by atoms with Crippen molar-refractivity contribution >= 4 is 45.9 Å². The van der Waals surface area contributed by atoms with Crippen molar-refractivity contribution in [2.75, 3.05) is 0 Å². The van der Waals surface area contributed by atoms with Gasteiger partial charge in [0.2, 0.25) is 0 Å². The molecule has 0 N–H and O–H groups in total. The molecule has 0 nitrogen and oxygen atoms in total. The van der Waals surface area contributed by atoms with Gasteiger partial charge in [-0.1, -0.05) is 109 Å². The lowest BCUT2D eigenvalue weighted by atomic mass is 9.50. The summed E-state index contributed by atoms with van der Waals surface area (Å²) in [4.78, 5) is 1.36. The molecule has 38 heavy (non-hydrogen) atoms. The van der Waals surface area contributed by atoms with E-state index < -0.39 is 4.75 Å². The molecule has 6 aromatic carbocycles. The minimum Gasteiger partial charge on any atom is -0.165 e. The molecule has 1 aliphatic heterocycles. The summed E-state index contributed by atoms with van der Waals surface area (Å²) in [5.41, 5.74) is 8.53. The van der Waals surface area contributed by atoms with Gasteiger partial charge >= 0.3 is 0 Å². The highest BCUT2D eigenvalue weighted by Gasteiger charge is 2.71. The van der Waals surface area contributed by atoms with E-state index in [-0.39, 0.29) is 16.6 Å². The van der Waals surface area contributed by atoms with Gasteiger partial charge in [-0.25, -0.2) is 0 Å². The Hall–Kier alpha value is -3.46. The Morgan fingerprint density at radius 3 is 1.63 bits per heavy atom. The molecule has 6 aromatic rings. The smallest absolute Gasteiger partial charge is 0.0759 e. The van der Waals surface area contributed by atoms with Crippen LogP contribution in [0.15, 0.2) is 132 Å². The minimum absolute atomic E-state index is 0.157. The molecule has 10 rings (SSSR count). The Morgan fingerprint density at radius 2 is 1.00 bits per heavy atom. The molecule has 0 fully saturated rings. The van der Waals surface area contributed by atoms with Crippen LogP contribution in [0.25, 0.3) is 21.5 Å². The quantitative estimate of drug-likeness (QED) is 0.211. The predicted molar refractivity (Wildman–Crippen MR) is 163 cm³/mol. The van der Waals surface area contributed by atoms with Crippen molar-refractivity contribution in [3.05, 3.63) is 161 Å². The highest BCUT2D eigenvalue weighted by atomic mass is 32.2. The summed E-state index contributed by atoms with van der Waals surface area (Å²) in [6.45, 7) is 0. The van der Waals surface area contributed by atoms with E-state index in [1.807, 2.05) is 0 Å². The molecule has 1 heterocycles. The summed E-state index contributed by atoms with van der Waals surface area (Å²) in [6, 6.07) is 47.9. The second kappa shape index (κ2) is 7.34. The number of thiol groups is 1. The summed E-state index contributed by atoms with van der Waals surface area (Å²) in [6.07, 6.45) is 0. The Morgan fingerprint density at radius 1 is 0.500 bits per heavy atom. The van der Waals surface area contributed by atoms with Crippen LogP contribution in [0, 0.1) is 0 Å². The number of hydrogen-bond donors (Lipinski definition) is 1. The molecule has 2 atom stereocenters. The van der Waals surface area contributed by atoms with Gasteiger partial charge < -0.3 is 0 Å². The minimum atomic E-state index is -0.410. The maximum Gasteiger partial charge on any atom is 0.0759 e. The number of thioether (sulfide) groups is 1. The first kappa shape index (κ1) is 21.5. The van der Waals surface area contributed by atoms with Gasteiger partial charge in [0.05, 0.1) is 9.49 Å². The largest absolute Gasteiger partial charge is 0.165 e. The van der Waals surface area contributed by atoms with Crippen LogP contribution in [0.3, 0.4) is 0 Å². The van der Waals surface area contributed by atoms with Crippen molar-refractivity contribution < 1.29 is 0 Å². The fourth-order valence-electron chi connectivity index (χ4n) is 7.86. The zero-order chi connectivity index (χ0) is 25.1. The summed E-state index contributed by atoms with van der Waals surface area (Å²) in [7, 11) is 0. The summed E-state index contributed by atoms with van der Waals surface area (Å²) < 4.78 is -0.694. The van der Waals surface area contributed by atoms with E-state index >= 15 is 0 Å². The third-order valence-corrected chi connectivity index (χ3v) is 12.0. The predicted octanol–water partition coefficient (Wildman–Crippen LogP) is 9.41. The molecule has 4 aliphatic rings. The van der Waals surface area contributed by atoms with E-state index in [1.165, 1.54) is 59.8 Å². The van der Waals surface area contributed by atoms with Crippen molar-refractivity contribution in [2.24, 2.45) is 0 Å². The third-order valence-electron chi connectivity index (χ3n) is 9.33. The average molecular weight is 521 g/mol. The number of hydrogen-bond acceptors (Lipinski definition) is 2. The van der Waals surface area contributed by atoms with E-state index in [4.69, 9.17) is 12.6 Å². The first-order valence-corrected chi connectivity index (χ1v) is 14.6. The zero-order valence-corrected chi connectivity index (χ0v) is 22.3. The van der Waals surface area contributed by atoms with Gasteiger partial charge in [-0.05, 0) is 73.1 Å². The molecule has 0 aromatic heterocycles. The van der Waals surface area contributed by atoms with Crippen LogP contribution in [0.1, 0.15) is 45.2 Å². The van der Waals surface area contributed by atoms with Crippen LogP contribution >= 0.6 is 24.4 Å². The topological polar surface area (TPSA) is 0 Å². The van der Waals surface area contributed by atoms with Gasteiger partial charge in [0.1, 0.15) is 0 Å². The highest BCUT2D eigenvalue weighted by Crippen LogP contribution is 2.80. The van der Waals surface area contributed by atoms with Gasteiger partial charge in [-0.15, -0.1) is 11.8 Å². The number of benzene rings is 6. The Bertz CT molecular complexity index is 1910. The normalized spacial score (nSPS) is 26.1. The summed E-state index contributed by atoms with van der Waals surface area (Å²) >= 11 is 7.99. The second-order valence-electron chi connectivity index (χ2n) is 11.0. The molecule has 3 aliphatic carbocycles. The lowest BCUT2D eigenvalue weighted by molar-refractivity contribution is 0.323. The van der Waals surface area contributed by atoms with Crippen LogP contribution in [-0.2, 0) is 9.49 Å². The molecule has 0 unspecified atom stereocenters. The Balaban J connectivity index is 1.46. The fraction of sp³-hybridized carbons (Fsp3) is 0.111. The maximum atomic E-state index is 5.94. The molecule has 0 saturated heterocycles. The van der Waals surface area contributed by atoms with E-state index in [1.54, 1.807) is 0 Å². The first-order valence-electron chi connectivity index (χ1n) is 13.3. The monoisotopic (exact) mass is 520 g/mol. The van der Waals surface area contributed by atoms with E-state index in [0.29, 0.717) is 0 Å².